The first kappa shape index (κ1) is 24.8. The maximum absolute atomic E-state index is 13.3. The monoisotopic (exact) mass is 462 g/mol. The van der Waals surface area contributed by atoms with Crippen molar-refractivity contribution in [1.29, 1.82) is 0 Å². The second-order valence-electron chi connectivity index (χ2n) is 7.54. The minimum Gasteiger partial charge on any atom is -0.327 e. The highest BCUT2D eigenvalue weighted by atomic mass is 35.5. The Morgan fingerprint density at radius 1 is 1.13 bits per heavy atom. The van der Waals surface area contributed by atoms with E-state index >= 15 is 0 Å². The van der Waals surface area contributed by atoms with E-state index in [-0.39, 0.29) is 30.7 Å². The lowest BCUT2D eigenvalue weighted by Crippen LogP contribution is -2.31. The molecule has 1 amide bonds. The Morgan fingerprint density at radius 2 is 1.94 bits per heavy atom. The molecule has 1 aromatic carbocycles. The van der Waals surface area contributed by atoms with Gasteiger partial charge in [-0.15, -0.1) is 29.9 Å². The molecule has 0 saturated carbocycles. The van der Waals surface area contributed by atoms with Crippen LogP contribution < -0.4 is 5.32 Å². The number of pyridine rings is 1. The van der Waals surface area contributed by atoms with Gasteiger partial charge in [0.1, 0.15) is 0 Å². The predicted octanol–water partition coefficient (Wildman–Crippen LogP) is 3.59. The fraction of sp³-hybridized carbons (Fsp3) is 0.364. The summed E-state index contributed by atoms with van der Waals surface area (Å²) in [5.41, 5.74) is 3.48. The van der Waals surface area contributed by atoms with Gasteiger partial charge in [0.15, 0.2) is 5.69 Å². The molecule has 0 radical (unpaired) electrons. The smallest absolute Gasteiger partial charge is 0.276 e. The van der Waals surface area contributed by atoms with Crippen LogP contribution in [0.25, 0.3) is 0 Å². The Bertz CT molecular complexity index is 959. The Morgan fingerprint density at radius 3 is 2.65 bits per heavy atom. The van der Waals surface area contributed by atoms with Crippen molar-refractivity contribution in [1.82, 2.24) is 30.2 Å². The van der Waals surface area contributed by atoms with Gasteiger partial charge in [0.25, 0.3) is 5.91 Å². The molecule has 1 fully saturated rings. The van der Waals surface area contributed by atoms with Crippen molar-refractivity contribution >= 4 is 30.7 Å². The molecule has 7 nitrogen and oxygen atoms in total. The third-order valence-corrected chi connectivity index (χ3v) is 5.23. The van der Waals surface area contributed by atoms with Crippen molar-refractivity contribution in [2.45, 2.75) is 38.9 Å². The summed E-state index contributed by atoms with van der Waals surface area (Å²) in [7, 11) is 0. The zero-order valence-corrected chi connectivity index (χ0v) is 19.1. The van der Waals surface area contributed by atoms with E-state index in [2.05, 4.69) is 39.7 Å². The van der Waals surface area contributed by atoms with Gasteiger partial charge in [-0.2, -0.15) is 0 Å². The van der Waals surface area contributed by atoms with Gasteiger partial charge < -0.3 is 10.2 Å². The summed E-state index contributed by atoms with van der Waals surface area (Å²) < 4.78 is 1.85. The fourth-order valence-corrected chi connectivity index (χ4v) is 3.70. The lowest BCUT2D eigenvalue weighted by Gasteiger charge is -2.23. The number of amides is 1. The minimum absolute atomic E-state index is 0. The van der Waals surface area contributed by atoms with Gasteiger partial charge in [-0.3, -0.25) is 9.78 Å². The molecule has 1 N–H and O–H groups in total. The van der Waals surface area contributed by atoms with E-state index in [4.69, 9.17) is 0 Å². The van der Waals surface area contributed by atoms with Crippen molar-refractivity contribution < 1.29 is 4.79 Å². The van der Waals surface area contributed by atoms with Crippen LogP contribution in [-0.2, 0) is 13.1 Å². The van der Waals surface area contributed by atoms with Crippen LogP contribution in [0.4, 0.5) is 0 Å². The zero-order valence-electron chi connectivity index (χ0n) is 17.5. The quantitative estimate of drug-likeness (QED) is 0.605. The molecular formula is C22H28Cl2N6O. The number of halogens is 2. The summed E-state index contributed by atoms with van der Waals surface area (Å²) >= 11 is 0. The molecule has 1 saturated heterocycles. The van der Waals surface area contributed by atoms with Crippen LogP contribution in [-0.4, -0.2) is 43.9 Å². The first-order valence-corrected chi connectivity index (χ1v) is 10.1. The van der Waals surface area contributed by atoms with Crippen LogP contribution in [0.15, 0.2) is 54.9 Å². The number of carbonyl (C=O) groups excluding carboxylic acids is 1. The summed E-state index contributed by atoms with van der Waals surface area (Å²) in [6.45, 7) is 4.91. The minimum atomic E-state index is -0.127. The highest BCUT2D eigenvalue weighted by Gasteiger charge is 2.23. The number of aryl methyl sites for hydroxylation is 1. The number of nitrogens with one attached hydrogen (secondary N) is 1. The van der Waals surface area contributed by atoms with E-state index in [0.717, 1.165) is 37.2 Å². The zero-order chi connectivity index (χ0) is 20.1. The van der Waals surface area contributed by atoms with Gasteiger partial charge in [0.05, 0.1) is 24.5 Å². The normalized spacial score (nSPS) is 13.7. The number of piperidine rings is 1. The van der Waals surface area contributed by atoms with Crippen LogP contribution in [0, 0.1) is 6.92 Å². The number of carbonyl (C=O) groups is 1. The Labute approximate surface area is 195 Å². The maximum Gasteiger partial charge on any atom is 0.276 e. The van der Waals surface area contributed by atoms with Crippen molar-refractivity contribution in [3.8, 4) is 0 Å². The molecule has 3 aromatic rings. The second kappa shape index (κ2) is 11.8. The fourth-order valence-electron chi connectivity index (χ4n) is 3.70. The van der Waals surface area contributed by atoms with E-state index in [1.165, 1.54) is 5.56 Å². The molecule has 0 spiro atoms. The summed E-state index contributed by atoms with van der Waals surface area (Å²) in [5, 5.41) is 11.8. The summed E-state index contributed by atoms with van der Waals surface area (Å²) in [5.74, 6) is -0.127. The van der Waals surface area contributed by atoms with E-state index in [0.29, 0.717) is 24.8 Å². The van der Waals surface area contributed by atoms with Gasteiger partial charge in [-0.05, 0) is 50.6 Å². The molecule has 2 aromatic heterocycles. The second-order valence-corrected chi connectivity index (χ2v) is 7.54. The molecule has 3 heterocycles. The predicted molar refractivity (Wildman–Crippen MR) is 125 cm³/mol. The lowest BCUT2D eigenvalue weighted by atomic mass is 10.1. The van der Waals surface area contributed by atoms with Gasteiger partial charge in [-0.25, -0.2) is 4.68 Å². The lowest BCUT2D eigenvalue weighted by molar-refractivity contribution is 0.0721. The molecule has 1 aliphatic rings. The first-order valence-electron chi connectivity index (χ1n) is 10.1. The van der Waals surface area contributed by atoms with E-state index in [1.807, 2.05) is 35.0 Å². The average Bonchev–Trinajstić information content (AvgIpc) is 3.24. The van der Waals surface area contributed by atoms with Gasteiger partial charge in [-0.1, -0.05) is 41.1 Å². The number of aromatic nitrogens is 4. The topological polar surface area (TPSA) is 75.9 Å². The van der Waals surface area contributed by atoms with E-state index in [1.54, 1.807) is 17.3 Å². The molecular weight excluding hydrogens is 435 g/mol. The van der Waals surface area contributed by atoms with Crippen LogP contribution in [0.5, 0.6) is 0 Å². The summed E-state index contributed by atoms with van der Waals surface area (Å²) in [6.07, 6.45) is 5.54. The standard InChI is InChI=1S/C22H26N6O.2ClH/c1-17-5-4-6-18(13-17)14-27(15-19-7-2-3-10-24-19)22(29)21-16-28(26-25-21)20-8-11-23-12-9-20;;/h2-7,10,13,16,20,23H,8-9,11-12,14-15H2,1H3;2*1H. The Balaban J connectivity index is 0.00000171. The Hall–Kier alpha value is -2.48. The molecule has 0 aliphatic carbocycles. The molecule has 0 atom stereocenters. The maximum atomic E-state index is 13.3. The van der Waals surface area contributed by atoms with Gasteiger partial charge in [0, 0.05) is 12.7 Å². The summed E-state index contributed by atoms with van der Waals surface area (Å²) in [6, 6.07) is 14.3. The molecule has 0 unspecified atom stereocenters. The van der Waals surface area contributed by atoms with E-state index < -0.39 is 0 Å². The SMILES string of the molecule is Cc1cccc(CN(Cc2ccccn2)C(=O)c2cn(C3CCNCC3)nn2)c1.Cl.Cl. The molecule has 1 aliphatic heterocycles. The molecule has 0 bridgehead atoms. The van der Waals surface area contributed by atoms with Crippen LogP contribution in [0.2, 0.25) is 0 Å². The van der Waals surface area contributed by atoms with Crippen molar-refractivity contribution in [2.24, 2.45) is 0 Å². The highest BCUT2D eigenvalue weighted by Crippen LogP contribution is 2.18. The van der Waals surface area contributed by atoms with Crippen molar-refractivity contribution in [2.75, 3.05) is 13.1 Å². The molecule has 31 heavy (non-hydrogen) atoms. The third-order valence-electron chi connectivity index (χ3n) is 5.23. The average molecular weight is 463 g/mol. The number of nitrogens with zero attached hydrogens (tertiary/aromatic N) is 5. The van der Waals surface area contributed by atoms with Gasteiger partial charge >= 0.3 is 0 Å². The first-order chi connectivity index (χ1) is 14.2. The Kier molecular flexibility index (Phi) is 9.43. The number of rotatable bonds is 6. The van der Waals surface area contributed by atoms with Gasteiger partial charge in [0.2, 0.25) is 0 Å². The van der Waals surface area contributed by atoms with E-state index in [9.17, 15) is 4.79 Å². The summed E-state index contributed by atoms with van der Waals surface area (Å²) in [4.78, 5) is 19.5. The number of hydrogen-bond donors (Lipinski definition) is 1. The molecule has 9 heteroatoms. The van der Waals surface area contributed by atoms with Crippen LogP contribution >= 0.6 is 24.8 Å². The highest BCUT2D eigenvalue weighted by molar-refractivity contribution is 5.91. The van der Waals surface area contributed by atoms with Crippen molar-refractivity contribution in [3.63, 3.8) is 0 Å². The number of hydrogen-bond acceptors (Lipinski definition) is 5. The molecule has 4 rings (SSSR count). The van der Waals surface area contributed by atoms with Crippen LogP contribution in [0.1, 0.15) is 46.2 Å². The van der Waals surface area contributed by atoms with Crippen LogP contribution in [0.3, 0.4) is 0 Å². The third kappa shape index (κ3) is 6.50. The number of benzene rings is 1. The van der Waals surface area contributed by atoms with Crippen molar-refractivity contribution in [3.05, 3.63) is 77.4 Å². The largest absolute Gasteiger partial charge is 0.327 e. The molecule has 166 valence electrons.